The second-order valence-electron chi connectivity index (χ2n) is 5.49. The monoisotopic (exact) mass is 371 g/mol. The highest BCUT2D eigenvalue weighted by Crippen LogP contribution is 2.17. The molecule has 6 heteroatoms. The quantitative estimate of drug-likeness (QED) is 0.832. The van der Waals surface area contributed by atoms with Gasteiger partial charge in [-0.2, -0.15) is 0 Å². The van der Waals surface area contributed by atoms with Gasteiger partial charge < -0.3 is 10.2 Å². The number of rotatable bonds is 6. The number of carbonyl (C=O) groups is 1. The molecule has 1 amide bonds. The largest absolute Gasteiger partial charge is 0.340 e. The van der Waals surface area contributed by atoms with Crippen LogP contribution in [0, 0.1) is 5.82 Å². The van der Waals surface area contributed by atoms with Gasteiger partial charge in [-0.15, -0.1) is 0 Å². The molecule has 1 aromatic carbocycles. The van der Waals surface area contributed by atoms with Crippen molar-refractivity contribution in [1.29, 1.82) is 0 Å². The average molecular weight is 372 g/mol. The first kappa shape index (κ1) is 17.4. The van der Waals surface area contributed by atoms with Crippen LogP contribution >= 0.6 is 15.9 Å². The van der Waals surface area contributed by atoms with E-state index in [1.165, 1.54) is 6.07 Å². The first-order valence-electron chi connectivity index (χ1n) is 7.75. The molecule has 22 heavy (non-hydrogen) atoms. The maximum absolute atomic E-state index is 13.8. The Kier molecular flexibility index (Phi) is 6.79. The Labute approximate surface area is 139 Å². The van der Waals surface area contributed by atoms with Crippen molar-refractivity contribution >= 4 is 21.8 Å². The maximum Gasteiger partial charge on any atom is 0.223 e. The van der Waals surface area contributed by atoms with Crippen LogP contribution in [0.1, 0.15) is 18.9 Å². The predicted octanol–water partition coefficient (Wildman–Crippen LogP) is 2.23. The summed E-state index contributed by atoms with van der Waals surface area (Å²) in [5, 5.41) is 3.24. The van der Waals surface area contributed by atoms with E-state index in [2.05, 4.69) is 26.1 Å². The Morgan fingerprint density at radius 1 is 1.41 bits per heavy atom. The molecule has 1 aliphatic rings. The van der Waals surface area contributed by atoms with Crippen molar-refractivity contribution in [2.75, 3.05) is 39.3 Å². The summed E-state index contributed by atoms with van der Waals surface area (Å²) in [5.41, 5.74) is 0.658. The summed E-state index contributed by atoms with van der Waals surface area (Å²) in [6.45, 7) is 7.31. The van der Waals surface area contributed by atoms with Gasteiger partial charge in [0.05, 0.1) is 0 Å². The number of carbonyl (C=O) groups excluding carboxylic acids is 1. The van der Waals surface area contributed by atoms with E-state index in [0.717, 1.165) is 37.2 Å². The van der Waals surface area contributed by atoms with Gasteiger partial charge in [0.15, 0.2) is 0 Å². The minimum absolute atomic E-state index is 0.190. The summed E-state index contributed by atoms with van der Waals surface area (Å²) < 4.78 is 14.7. The van der Waals surface area contributed by atoms with Crippen molar-refractivity contribution in [3.63, 3.8) is 0 Å². The van der Waals surface area contributed by atoms with Crippen LogP contribution in [0.5, 0.6) is 0 Å². The van der Waals surface area contributed by atoms with Gasteiger partial charge in [-0.1, -0.05) is 22.9 Å². The molecule has 0 aromatic heterocycles. The molecule has 0 radical (unpaired) electrons. The zero-order chi connectivity index (χ0) is 15.9. The number of nitrogens with one attached hydrogen (secondary N) is 1. The Morgan fingerprint density at radius 2 is 2.14 bits per heavy atom. The molecule has 1 aliphatic heterocycles. The van der Waals surface area contributed by atoms with Gasteiger partial charge in [0.1, 0.15) is 5.82 Å². The number of amides is 1. The first-order valence-corrected chi connectivity index (χ1v) is 8.54. The third-order valence-electron chi connectivity index (χ3n) is 3.96. The predicted molar refractivity (Wildman–Crippen MR) is 89.1 cm³/mol. The summed E-state index contributed by atoms with van der Waals surface area (Å²) in [4.78, 5) is 16.2. The molecule has 0 saturated carbocycles. The molecular formula is C16H23BrFN3O. The van der Waals surface area contributed by atoms with Gasteiger partial charge in [0.2, 0.25) is 5.91 Å². The van der Waals surface area contributed by atoms with Crippen LogP contribution in [0.25, 0.3) is 0 Å². The fourth-order valence-corrected chi connectivity index (χ4v) is 2.99. The average Bonchev–Trinajstić information content (AvgIpc) is 2.55. The van der Waals surface area contributed by atoms with Gasteiger partial charge in [0, 0.05) is 55.7 Å². The lowest BCUT2D eigenvalue weighted by Gasteiger charge is -2.28. The summed E-state index contributed by atoms with van der Waals surface area (Å²) in [7, 11) is 0. The summed E-state index contributed by atoms with van der Waals surface area (Å²) in [6, 6.07) is 4.97. The molecular weight excluding hydrogens is 349 g/mol. The number of hydrogen-bond acceptors (Lipinski definition) is 3. The Morgan fingerprint density at radius 3 is 2.82 bits per heavy atom. The highest BCUT2D eigenvalue weighted by Gasteiger charge is 2.17. The molecule has 1 heterocycles. The van der Waals surface area contributed by atoms with Crippen molar-refractivity contribution in [1.82, 2.24) is 15.1 Å². The first-order chi connectivity index (χ1) is 10.6. The molecule has 1 N–H and O–H groups in total. The fraction of sp³-hybridized carbons (Fsp3) is 0.562. The smallest absolute Gasteiger partial charge is 0.223 e. The van der Waals surface area contributed by atoms with E-state index < -0.39 is 0 Å². The third-order valence-corrected chi connectivity index (χ3v) is 4.45. The van der Waals surface area contributed by atoms with Gasteiger partial charge in [0.25, 0.3) is 0 Å². The van der Waals surface area contributed by atoms with Gasteiger partial charge in [-0.05, 0) is 24.7 Å². The summed E-state index contributed by atoms with van der Waals surface area (Å²) >= 11 is 3.37. The van der Waals surface area contributed by atoms with E-state index in [-0.39, 0.29) is 11.7 Å². The van der Waals surface area contributed by atoms with Crippen molar-refractivity contribution in [3.05, 3.63) is 34.1 Å². The molecule has 0 atom stereocenters. The van der Waals surface area contributed by atoms with Crippen LogP contribution in [-0.2, 0) is 11.3 Å². The number of nitrogens with zero attached hydrogens (tertiary/aromatic N) is 2. The van der Waals surface area contributed by atoms with Gasteiger partial charge >= 0.3 is 0 Å². The van der Waals surface area contributed by atoms with Crippen LogP contribution in [0.3, 0.4) is 0 Å². The van der Waals surface area contributed by atoms with Crippen LogP contribution < -0.4 is 5.32 Å². The SMILES string of the molecule is CCN(CCC(=O)N1CCNCC1)Cc1cc(Br)ccc1F. The molecule has 1 saturated heterocycles. The lowest BCUT2D eigenvalue weighted by atomic mass is 10.2. The van der Waals surface area contributed by atoms with E-state index in [4.69, 9.17) is 0 Å². The van der Waals surface area contributed by atoms with Crippen molar-refractivity contribution in [2.24, 2.45) is 0 Å². The summed E-state index contributed by atoms with van der Waals surface area (Å²) in [6.07, 6.45) is 0.490. The molecule has 4 nitrogen and oxygen atoms in total. The minimum atomic E-state index is -0.199. The maximum atomic E-state index is 13.8. The zero-order valence-corrected chi connectivity index (χ0v) is 14.5. The van der Waals surface area contributed by atoms with Crippen LogP contribution in [0.2, 0.25) is 0 Å². The minimum Gasteiger partial charge on any atom is -0.340 e. The van der Waals surface area contributed by atoms with Crippen molar-refractivity contribution in [3.8, 4) is 0 Å². The number of benzene rings is 1. The number of hydrogen-bond donors (Lipinski definition) is 1. The Hall–Kier alpha value is -0.980. The third kappa shape index (κ3) is 5.04. The normalized spacial score (nSPS) is 15.4. The fourth-order valence-electron chi connectivity index (χ4n) is 2.58. The zero-order valence-electron chi connectivity index (χ0n) is 12.9. The molecule has 1 fully saturated rings. The molecule has 0 spiro atoms. The number of piperazine rings is 1. The Balaban J connectivity index is 1.86. The Bertz CT molecular complexity index is 506. The van der Waals surface area contributed by atoms with Gasteiger partial charge in [-0.3, -0.25) is 9.69 Å². The molecule has 2 rings (SSSR count). The van der Waals surface area contributed by atoms with E-state index in [0.29, 0.717) is 25.1 Å². The van der Waals surface area contributed by atoms with E-state index in [1.807, 2.05) is 11.8 Å². The second kappa shape index (κ2) is 8.60. The number of halogens is 2. The van der Waals surface area contributed by atoms with Gasteiger partial charge in [-0.25, -0.2) is 4.39 Å². The standard InChI is InChI=1S/C16H23BrFN3O/c1-2-20(12-13-11-14(17)3-4-15(13)18)8-5-16(22)21-9-6-19-7-10-21/h3-4,11,19H,2,5-10,12H2,1H3. The second-order valence-corrected chi connectivity index (χ2v) is 6.40. The topological polar surface area (TPSA) is 35.6 Å². The van der Waals surface area contributed by atoms with E-state index in [9.17, 15) is 9.18 Å². The highest BCUT2D eigenvalue weighted by atomic mass is 79.9. The van der Waals surface area contributed by atoms with Crippen molar-refractivity contribution < 1.29 is 9.18 Å². The molecule has 0 unspecified atom stereocenters. The summed E-state index contributed by atoms with van der Waals surface area (Å²) in [5.74, 6) is -0.00949. The molecule has 122 valence electrons. The van der Waals surface area contributed by atoms with E-state index in [1.54, 1.807) is 12.1 Å². The van der Waals surface area contributed by atoms with E-state index >= 15 is 0 Å². The lowest BCUT2D eigenvalue weighted by Crippen LogP contribution is -2.47. The molecule has 0 bridgehead atoms. The highest BCUT2D eigenvalue weighted by molar-refractivity contribution is 9.10. The lowest BCUT2D eigenvalue weighted by molar-refractivity contribution is -0.132. The van der Waals surface area contributed by atoms with Crippen LogP contribution in [-0.4, -0.2) is 55.0 Å². The van der Waals surface area contributed by atoms with Crippen LogP contribution in [0.15, 0.2) is 22.7 Å². The molecule has 1 aromatic rings. The van der Waals surface area contributed by atoms with Crippen molar-refractivity contribution in [2.45, 2.75) is 19.9 Å². The van der Waals surface area contributed by atoms with Crippen LogP contribution in [0.4, 0.5) is 4.39 Å². The molecule has 0 aliphatic carbocycles.